The van der Waals surface area contributed by atoms with Crippen molar-refractivity contribution in [3.63, 3.8) is 0 Å². The second-order valence-electron chi connectivity index (χ2n) is 3.16. The van der Waals surface area contributed by atoms with E-state index in [1.165, 1.54) is 21.7 Å². The van der Waals surface area contributed by atoms with Crippen molar-refractivity contribution in [1.29, 1.82) is 0 Å². The van der Waals surface area contributed by atoms with Gasteiger partial charge in [0.15, 0.2) is 0 Å². The van der Waals surface area contributed by atoms with Crippen LogP contribution in [0.25, 0.3) is 0 Å². The largest absolute Gasteiger partial charge is 0.380 e. The number of rotatable bonds is 3. The minimum absolute atomic E-state index is 0.873. The topological polar surface area (TPSA) is 12.0 Å². The lowest BCUT2D eigenvalue weighted by molar-refractivity contribution is 1.20. The fourth-order valence-corrected chi connectivity index (χ4v) is 1.90. The monoisotopic (exact) mass is 181 g/mol. The van der Waals surface area contributed by atoms with Crippen molar-refractivity contribution < 1.29 is 0 Å². The summed E-state index contributed by atoms with van der Waals surface area (Å²) in [6.45, 7) is 11.0. The third-order valence-electron chi connectivity index (χ3n) is 1.73. The molecule has 0 saturated carbocycles. The van der Waals surface area contributed by atoms with Gasteiger partial charge in [0.25, 0.3) is 0 Å². The van der Waals surface area contributed by atoms with Crippen molar-refractivity contribution >= 4 is 17.0 Å². The highest BCUT2D eigenvalue weighted by Gasteiger charge is 2.02. The Balaban J connectivity index is 2.68. The van der Waals surface area contributed by atoms with Gasteiger partial charge in [-0.25, -0.2) is 0 Å². The Morgan fingerprint density at radius 2 is 2.25 bits per heavy atom. The van der Waals surface area contributed by atoms with Gasteiger partial charge in [-0.2, -0.15) is 0 Å². The van der Waals surface area contributed by atoms with E-state index >= 15 is 0 Å². The van der Waals surface area contributed by atoms with E-state index in [1.807, 2.05) is 6.92 Å². The Morgan fingerprint density at radius 1 is 1.58 bits per heavy atom. The second kappa shape index (κ2) is 3.76. The molecular weight excluding hydrogens is 166 g/mol. The lowest BCUT2D eigenvalue weighted by atomic mass is 10.2. The predicted octanol–water partition coefficient (Wildman–Crippen LogP) is 3.35. The molecular formula is C10H15NS. The van der Waals surface area contributed by atoms with E-state index in [2.05, 4.69) is 31.1 Å². The van der Waals surface area contributed by atoms with Crippen molar-refractivity contribution in [3.05, 3.63) is 28.0 Å². The van der Waals surface area contributed by atoms with Gasteiger partial charge in [0.05, 0.1) is 5.69 Å². The molecule has 0 saturated heterocycles. The Bertz CT molecular complexity index is 267. The van der Waals surface area contributed by atoms with Gasteiger partial charge in [-0.05, 0) is 31.7 Å². The molecule has 0 spiro atoms. The van der Waals surface area contributed by atoms with Crippen molar-refractivity contribution in [1.82, 2.24) is 0 Å². The van der Waals surface area contributed by atoms with Crippen molar-refractivity contribution in [2.24, 2.45) is 0 Å². The van der Waals surface area contributed by atoms with Crippen LogP contribution in [0.2, 0.25) is 0 Å². The summed E-state index contributed by atoms with van der Waals surface area (Å²) >= 11 is 1.79. The quantitative estimate of drug-likeness (QED) is 0.705. The third-order valence-corrected chi connectivity index (χ3v) is 2.75. The summed E-state index contributed by atoms with van der Waals surface area (Å²) in [6.07, 6.45) is 0. The highest BCUT2D eigenvalue weighted by Crippen LogP contribution is 2.26. The van der Waals surface area contributed by atoms with Crippen LogP contribution in [0, 0.1) is 13.8 Å². The van der Waals surface area contributed by atoms with E-state index in [9.17, 15) is 0 Å². The van der Waals surface area contributed by atoms with Gasteiger partial charge >= 0.3 is 0 Å². The summed E-state index contributed by atoms with van der Waals surface area (Å²) in [6, 6.07) is 0. The molecule has 2 heteroatoms. The smallest absolute Gasteiger partial charge is 0.0510 e. The number of anilines is 1. The van der Waals surface area contributed by atoms with Crippen LogP contribution in [0.4, 0.5) is 5.69 Å². The highest BCUT2D eigenvalue weighted by molar-refractivity contribution is 7.10. The fourth-order valence-electron chi connectivity index (χ4n) is 1.08. The standard InChI is InChI=1S/C10H15NS/c1-7(2)5-11-10-8(3)6-12-9(10)4/h6,11H,1,5H2,2-4H3. The summed E-state index contributed by atoms with van der Waals surface area (Å²) in [5.74, 6) is 0. The Labute approximate surface area is 78.1 Å². The molecule has 1 aromatic rings. The highest BCUT2D eigenvalue weighted by atomic mass is 32.1. The molecule has 0 fully saturated rings. The van der Waals surface area contributed by atoms with Gasteiger partial charge in [0, 0.05) is 11.4 Å². The molecule has 1 N–H and O–H groups in total. The van der Waals surface area contributed by atoms with E-state index in [0.29, 0.717) is 0 Å². The van der Waals surface area contributed by atoms with Crippen LogP contribution in [0.3, 0.4) is 0 Å². The summed E-state index contributed by atoms with van der Waals surface area (Å²) in [7, 11) is 0. The van der Waals surface area contributed by atoms with Crippen molar-refractivity contribution in [2.75, 3.05) is 11.9 Å². The Morgan fingerprint density at radius 3 is 2.67 bits per heavy atom. The molecule has 1 nitrogen and oxygen atoms in total. The Hall–Kier alpha value is -0.760. The molecule has 0 aliphatic heterocycles. The maximum absolute atomic E-state index is 3.85. The SMILES string of the molecule is C=C(C)CNc1c(C)csc1C. The maximum Gasteiger partial charge on any atom is 0.0510 e. The lowest BCUT2D eigenvalue weighted by Gasteiger charge is -2.06. The second-order valence-corrected chi connectivity index (χ2v) is 4.24. The maximum atomic E-state index is 3.85. The summed E-state index contributed by atoms with van der Waals surface area (Å²) in [5.41, 5.74) is 3.78. The molecule has 1 aromatic heterocycles. The van der Waals surface area contributed by atoms with Gasteiger partial charge in [0.1, 0.15) is 0 Å². The number of nitrogens with one attached hydrogen (secondary N) is 1. The van der Waals surface area contributed by atoms with E-state index in [-0.39, 0.29) is 0 Å². The van der Waals surface area contributed by atoms with Gasteiger partial charge < -0.3 is 5.32 Å². The van der Waals surface area contributed by atoms with E-state index in [1.54, 1.807) is 11.3 Å². The number of aryl methyl sites for hydroxylation is 2. The van der Waals surface area contributed by atoms with E-state index in [4.69, 9.17) is 0 Å². The summed E-state index contributed by atoms with van der Waals surface area (Å²) < 4.78 is 0. The number of thiophene rings is 1. The van der Waals surface area contributed by atoms with Crippen LogP contribution >= 0.6 is 11.3 Å². The number of hydrogen-bond acceptors (Lipinski definition) is 2. The molecule has 0 aromatic carbocycles. The Kier molecular flexibility index (Phi) is 2.93. The third kappa shape index (κ3) is 2.11. The first kappa shape index (κ1) is 9.33. The first-order chi connectivity index (χ1) is 5.61. The van der Waals surface area contributed by atoms with Crippen LogP contribution < -0.4 is 5.32 Å². The fraction of sp³-hybridized carbons (Fsp3) is 0.400. The van der Waals surface area contributed by atoms with E-state index in [0.717, 1.165) is 6.54 Å². The average Bonchev–Trinajstić information content (AvgIpc) is 2.28. The lowest BCUT2D eigenvalue weighted by Crippen LogP contribution is -2.02. The predicted molar refractivity (Wildman–Crippen MR) is 57.1 cm³/mol. The van der Waals surface area contributed by atoms with Gasteiger partial charge in [-0.3, -0.25) is 0 Å². The molecule has 0 atom stereocenters. The molecule has 0 amide bonds. The molecule has 0 bridgehead atoms. The van der Waals surface area contributed by atoms with Crippen LogP contribution in [-0.4, -0.2) is 6.54 Å². The minimum atomic E-state index is 0.873. The molecule has 0 aliphatic rings. The van der Waals surface area contributed by atoms with Gasteiger partial charge in [0.2, 0.25) is 0 Å². The van der Waals surface area contributed by atoms with Crippen LogP contribution in [-0.2, 0) is 0 Å². The van der Waals surface area contributed by atoms with Crippen LogP contribution in [0.1, 0.15) is 17.4 Å². The van der Waals surface area contributed by atoms with Crippen LogP contribution in [0.15, 0.2) is 17.5 Å². The zero-order valence-corrected chi connectivity index (χ0v) is 8.72. The molecule has 1 heterocycles. The molecule has 12 heavy (non-hydrogen) atoms. The molecule has 0 radical (unpaired) electrons. The minimum Gasteiger partial charge on any atom is -0.380 e. The van der Waals surface area contributed by atoms with Gasteiger partial charge in [-0.1, -0.05) is 12.2 Å². The van der Waals surface area contributed by atoms with Gasteiger partial charge in [-0.15, -0.1) is 11.3 Å². The summed E-state index contributed by atoms with van der Waals surface area (Å²) in [5, 5.41) is 5.55. The van der Waals surface area contributed by atoms with Crippen LogP contribution in [0.5, 0.6) is 0 Å². The molecule has 0 unspecified atom stereocenters. The molecule has 0 aliphatic carbocycles. The molecule has 1 rings (SSSR count). The summed E-state index contributed by atoms with van der Waals surface area (Å²) in [4.78, 5) is 1.36. The normalized spacial score (nSPS) is 9.92. The van der Waals surface area contributed by atoms with Crippen molar-refractivity contribution in [2.45, 2.75) is 20.8 Å². The zero-order valence-electron chi connectivity index (χ0n) is 7.90. The average molecular weight is 181 g/mol. The zero-order chi connectivity index (χ0) is 9.14. The first-order valence-corrected chi connectivity index (χ1v) is 4.92. The first-order valence-electron chi connectivity index (χ1n) is 4.04. The van der Waals surface area contributed by atoms with E-state index < -0.39 is 0 Å². The van der Waals surface area contributed by atoms with Crippen molar-refractivity contribution in [3.8, 4) is 0 Å². The molecule has 66 valence electrons. The number of hydrogen-bond donors (Lipinski definition) is 1.